The molecule has 1 aromatic rings. The fraction of sp³-hybridized carbons (Fsp3) is 0.667. The van der Waals surface area contributed by atoms with Gasteiger partial charge in [-0.3, -0.25) is 14.4 Å². The lowest BCUT2D eigenvalue weighted by atomic mass is 10.1. The Morgan fingerprint density at radius 2 is 2.15 bits per heavy atom. The molecule has 142 valence electrons. The summed E-state index contributed by atoms with van der Waals surface area (Å²) >= 11 is 0. The minimum Gasteiger partial charge on any atom is -0.370 e. The molecule has 1 N–H and O–H groups in total. The lowest BCUT2D eigenvalue weighted by Crippen LogP contribution is -2.39. The lowest BCUT2D eigenvalue weighted by Gasteiger charge is -2.26. The van der Waals surface area contributed by atoms with E-state index in [1.54, 1.807) is 24.2 Å². The molecule has 3 rings (SSSR count). The molecule has 0 unspecified atom stereocenters. The normalized spacial score (nSPS) is 20.5. The minimum atomic E-state index is -0.119. The van der Waals surface area contributed by atoms with Crippen LogP contribution in [0.4, 0.5) is 5.69 Å². The van der Waals surface area contributed by atoms with Crippen LogP contribution in [0.15, 0.2) is 17.1 Å². The molecule has 26 heavy (non-hydrogen) atoms. The average Bonchev–Trinajstić information content (AvgIpc) is 3.10. The van der Waals surface area contributed by atoms with Crippen molar-refractivity contribution in [3.8, 4) is 0 Å². The summed E-state index contributed by atoms with van der Waals surface area (Å²) in [7, 11) is 1.63. The molecule has 1 atom stereocenters. The number of hydrogen-bond acceptors (Lipinski definition) is 5. The molecule has 0 aromatic carbocycles. The fourth-order valence-corrected chi connectivity index (χ4v) is 3.55. The van der Waals surface area contributed by atoms with Gasteiger partial charge in [-0.15, -0.1) is 0 Å². The first kappa shape index (κ1) is 18.4. The molecule has 0 aliphatic carbocycles. The molecule has 2 fully saturated rings. The Balaban J connectivity index is 1.40. The van der Waals surface area contributed by atoms with E-state index in [-0.39, 0.29) is 17.4 Å². The monoisotopic (exact) mass is 361 g/mol. The quantitative estimate of drug-likeness (QED) is 0.778. The van der Waals surface area contributed by atoms with Gasteiger partial charge in [0, 0.05) is 58.7 Å². The van der Waals surface area contributed by atoms with Crippen LogP contribution in [0.5, 0.6) is 0 Å². The van der Waals surface area contributed by atoms with E-state index < -0.39 is 0 Å². The van der Waals surface area contributed by atoms with Crippen LogP contribution in [0.3, 0.4) is 0 Å². The number of piperidine rings is 1. The highest BCUT2D eigenvalue weighted by molar-refractivity contribution is 5.79. The van der Waals surface area contributed by atoms with Crippen LogP contribution in [0.1, 0.15) is 32.1 Å². The first-order valence-electron chi connectivity index (χ1n) is 9.35. The molecule has 0 spiro atoms. The zero-order chi connectivity index (χ0) is 18.5. The smallest absolute Gasteiger partial charge is 0.268 e. The number of nitrogens with one attached hydrogen (secondary N) is 1. The zero-order valence-electron chi connectivity index (χ0n) is 15.3. The summed E-state index contributed by atoms with van der Waals surface area (Å²) < 4.78 is 1.31. The number of hydrogen-bond donors (Lipinski definition) is 1. The maximum absolute atomic E-state index is 12.1. The molecule has 8 heteroatoms. The standard InChI is InChI=1S/C18H27N5O3/c1-21-18(26)10-15(12-20-21)23-8-5-14(13-23)11-19-16(24)6-9-22-7-3-2-4-17(22)25/h10,12,14H,2-9,11,13H2,1H3,(H,19,24)/t14-/m0/s1. The summed E-state index contributed by atoms with van der Waals surface area (Å²) in [5.41, 5.74) is 0.719. The van der Waals surface area contributed by atoms with Crippen LogP contribution in [0, 0.1) is 5.92 Å². The summed E-state index contributed by atoms with van der Waals surface area (Å²) in [5, 5.41) is 7.04. The van der Waals surface area contributed by atoms with E-state index in [1.807, 2.05) is 0 Å². The van der Waals surface area contributed by atoms with Crippen molar-refractivity contribution < 1.29 is 9.59 Å². The molecular formula is C18H27N5O3. The highest BCUT2D eigenvalue weighted by atomic mass is 16.2. The van der Waals surface area contributed by atoms with Gasteiger partial charge in [0.05, 0.1) is 11.9 Å². The number of rotatable bonds is 6. The second-order valence-corrected chi connectivity index (χ2v) is 7.17. The number of nitrogens with zero attached hydrogens (tertiary/aromatic N) is 4. The first-order chi connectivity index (χ1) is 12.5. The molecule has 2 aliphatic heterocycles. The van der Waals surface area contributed by atoms with Crippen molar-refractivity contribution in [3.63, 3.8) is 0 Å². The number of amides is 2. The van der Waals surface area contributed by atoms with Crippen molar-refractivity contribution in [3.05, 3.63) is 22.6 Å². The van der Waals surface area contributed by atoms with E-state index in [0.29, 0.717) is 31.8 Å². The Kier molecular flexibility index (Phi) is 5.90. The van der Waals surface area contributed by atoms with Crippen LogP contribution in [-0.4, -0.2) is 59.2 Å². The van der Waals surface area contributed by atoms with E-state index >= 15 is 0 Å². The molecule has 3 heterocycles. The third-order valence-corrected chi connectivity index (χ3v) is 5.22. The number of anilines is 1. The van der Waals surface area contributed by atoms with Gasteiger partial charge in [0.2, 0.25) is 11.8 Å². The Bertz CT molecular complexity index is 717. The van der Waals surface area contributed by atoms with Gasteiger partial charge in [-0.05, 0) is 25.2 Å². The molecule has 2 saturated heterocycles. The van der Waals surface area contributed by atoms with Crippen molar-refractivity contribution >= 4 is 17.5 Å². The third kappa shape index (κ3) is 4.62. The molecule has 2 aliphatic rings. The van der Waals surface area contributed by atoms with Crippen LogP contribution >= 0.6 is 0 Å². The molecule has 0 bridgehead atoms. The van der Waals surface area contributed by atoms with E-state index in [1.165, 1.54) is 4.68 Å². The van der Waals surface area contributed by atoms with Crippen molar-refractivity contribution in [1.82, 2.24) is 20.0 Å². The molecule has 1 aromatic heterocycles. The maximum atomic E-state index is 12.1. The molecule has 2 amide bonds. The number of likely N-dealkylation sites (tertiary alicyclic amines) is 1. The van der Waals surface area contributed by atoms with E-state index in [4.69, 9.17) is 0 Å². The number of aryl methyl sites for hydroxylation is 1. The minimum absolute atomic E-state index is 0.00271. The highest BCUT2D eigenvalue weighted by Crippen LogP contribution is 2.21. The van der Waals surface area contributed by atoms with E-state index in [0.717, 1.165) is 44.6 Å². The summed E-state index contributed by atoms with van der Waals surface area (Å²) in [4.78, 5) is 39.5. The first-order valence-corrected chi connectivity index (χ1v) is 9.35. The van der Waals surface area contributed by atoms with Gasteiger partial charge in [0.1, 0.15) is 0 Å². The van der Waals surface area contributed by atoms with E-state index in [2.05, 4.69) is 15.3 Å². The molecule has 8 nitrogen and oxygen atoms in total. The summed E-state index contributed by atoms with van der Waals surface area (Å²) in [5.74, 6) is 0.523. The zero-order valence-corrected chi connectivity index (χ0v) is 15.3. The van der Waals surface area contributed by atoms with Gasteiger partial charge in [-0.1, -0.05) is 0 Å². The predicted molar refractivity (Wildman–Crippen MR) is 97.9 cm³/mol. The van der Waals surface area contributed by atoms with Crippen LogP contribution in [0.25, 0.3) is 0 Å². The lowest BCUT2D eigenvalue weighted by molar-refractivity contribution is -0.133. The molecule has 0 saturated carbocycles. The van der Waals surface area contributed by atoms with Crippen molar-refractivity contribution in [2.24, 2.45) is 13.0 Å². The Morgan fingerprint density at radius 1 is 1.31 bits per heavy atom. The third-order valence-electron chi connectivity index (χ3n) is 5.22. The summed E-state index contributed by atoms with van der Waals surface area (Å²) in [6.45, 7) is 3.58. The predicted octanol–water partition coefficient (Wildman–Crippen LogP) is 0.125. The van der Waals surface area contributed by atoms with Crippen LogP contribution < -0.4 is 15.8 Å². The Morgan fingerprint density at radius 3 is 2.92 bits per heavy atom. The van der Waals surface area contributed by atoms with Crippen molar-refractivity contribution in [1.29, 1.82) is 0 Å². The second-order valence-electron chi connectivity index (χ2n) is 7.17. The fourth-order valence-electron chi connectivity index (χ4n) is 3.55. The van der Waals surface area contributed by atoms with Crippen LogP contribution in [0.2, 0.25) is 0 Å². The van der Waals surface area contributed by atoms with Crippen LogP contribution in [-0.2, 0) is 16.6 Å². The molecular weight excluding hydrogens is 334 g/mol. The van der Waals surface area contributed by atoms with Crippen molar-refractivity contribution in [2.45, 2.75) is 32.1 Å². The number of aromatic nitrogens is 2. The van der Waals surface area contributed by atoms with E-state index in [9.17, 15) is 14.4 Å². The Labute approximate surface area is 153 Å². The SMILES string of the molecule is Cn1ncc(N2CC[C@@H](CNC(=O)CCN3CCCCC3=O)C2)cc1=O. The highest BCUT2D eigenvalue weighted by Gasteiger charge is 2.24. The van der Waals surface area contributed by atoms with Gasteiger partial charge in [-0.2, -0.15) is 5.10 Å². The van der Waals surface area contributed by atoms with Gasteiger partial charge in [0.25, 0.3) is 5.56 Å². The number of carbonyl (C=O) groups is 2. The Hall–Kier alpha value is -2.38. The summed E-state index contributed by atoms with van der Waals surface area (Å²) in [6.07, 6.45) is 5.64. The second kappa shape index (κ2) is 8.33. The summed E-state index contributed by atoms with van der Waals surface area (Å²) in [6, 6.07) is 1.60. The van der Waals surface area contributed by atoms with Gasteiger partial charge < -0.3 is 15.1 Å². The average molecular weight is 361 g/mol. The maximum Gasteiger partial charge on any atom is 0.268 e. The van der Waals surface area contributed by atoms with Gasteiger partial charge in [-0.25, -0.2) is 4.68 Å². The van der Waals surface area contributed by atoms with Gasteiger partial charge >= 0.3 is 0 Å². The number of carbonyl (C=O) groups excluding carboxylic acids is 2. The van der Waals surface area contributed by atoms with Gasteiger partial charge in [0.15, 0.2) is 0 Å². The molecule has 0 radical (unpaired) electrons. The van der Waals surface area contributed by atoms with Crippen molar-refractivity contribution in [2.75, 3.05) is 37.6 Å². The topological polar surface area (TPSA) is 87.5 Å². The largest absolute Gasteiger partial charge is 0.370 e.